The van der Waals surface area contributed by atoms with Gasteiger partial charge in [-0.05, 0) is 80.6 Å². The smallest absolute Gasteiger partial charge is 0.424 e. The molecule has 0 saturated heterocycles. The van der Waals surface area contributed by atoms with Crippen LogP contribution < -0.4 is 15.6 Å². The summed E-state index contributed by atoms with van der Waals surface area (Å²) < 4.78 is 25.4. The van der Waals surface area contributed by atoms with E-state index in [1.54, 1.807) is 32.0 Å². The Balaban J connectivity index is 1.46. The first-order chi connectivity index (χ1) is 22.8. The van der Waals surface area contributed by atoms with Crippen LogP contribution in [0.5, 0.6) is 5.75 Å². The lowest BCUT2D eigenvalue weighted by atomic mass is 10.1. The standard InChI is InChI=1S/C31H35N6O10P/c1-4-13-37(31(41)46-17-45-30(40)20-7-11-23(12-8-20)47-48(42,43)44)29(39)24-15-33-26(19(24)3)27(34-16-32)36-25-14-21(6-5-18(25)2)28(38)35-22-9-10-22/h5-8,11-12,14-16,22,33H,4,9-10,13,17H2,1-3H3,(H,35,38)(H2,32,34,36)(H2,42,43,44). The molecule has 6 N–H and O–H groups in total. The Kier molecular flexibility index (Phi) is 11.5. The van der Waals surface area contributed by atoms with Gasteiger partial charge >= 0.3 is 19.9 Å². The van der Waals surface area contributed by atoms with Crippen molar-refractivity contribution in [1.82, 2.24) is 15.2 Å². The maximum absolute atomic E-state index is 13.5. The Morgan fingerprint density at radius 1 is 1.08 bits per heavy atom. The summed E-state index contributed by atoms with van der Waals surface area (Å²) in [7, 11) is -4.77. The summed E-state index contributed by atoms with van der Waals surface area (Å²) in [6.07, 6.45) is 3.68. The molecule has 1 heterocycles. The molecule has 16 nitrogen and oxygen atoms in total. The predicted octanol–water partition coefficient (Wildman–Crippen LogP) is 3.86. The monoisotopic (exact) mass is 682 g/mol. The third kappa shape index (κ3) is 9.37. The lowest BCUT2D eigenvalue weighted by molar-refractivity contribution is -0.0105. The Morgan fingerprint density at radius 2 is 1.77 bits per heavy atom. The molecule has 17 heteroatoms. The minimum absolute atomic E-state index is 0.0105. The SMILES string of the molecule is CCCN(C(=O)OCOC(=O)c1ccc(OP(=O)(O)O)cc1)C(=O)c1c[nH]c(C(N=CN)=Nc2cc(C(=O)NC3CC3)ccc2C)c1C. The van der Waals surface area contributed by atoms with Gasteiger partial charge < -0.3 is 30.0 Å². The number of carbonyl (C=O) groups is 4. The highest BCUT2D eigenvalue weighted by Gasteiger charge is 2.28. The number of amidine groups is 1. The minimum Gasteiger partial charge on any atom is -0.424 e. The summed E-state index contributed by atoms with van der Waals surface area (Å²) in [5.74, 6) is -1.84. The van der Waals surface area contributed by atoms with Crippen LogP contribution >= 0.6 is 7.82 Å². The van der Waals surface area contributed by atoms with Gasteiger partial charge in [-0.1, -0.05) is 13.0 Å². The molecule has 48 heavy (non-hydrogen) atoms. The number of aromatic nitrogens is 1. The molecule has 0 atom stereocenters. The number of phosphoric acid groups is 1. The van der Waals surface area contributed by atoms with Gasteiger partial charge in [-0.15, -0.1) is 0 Å². The number of amides is 3. The van der Waals surface area contributed by atoms with Crippen molar-refractivity contribution in [3.8, 4) is 5.75 Å². The normalized spacial score (nSPS) is 13.2. The fourth-order valence-electron chi connectivity index (χ4n) is 4.38. The van der Waals surface area contributed by atoms with Crippen LogP contribution in [0.15, 0.2) is 58.6 Å². The molecule has 1 aromatic heterocycles. The van der Waals surface area contributed by atoms with Crippen molar-refractivity contribution >= 4 is 49.6 Å². The molecular formula is C31H35N6O10P. The molecule has 1 fully saturated rings. The molecule has 0 radical (unpaired) electrons. The quantitative estimate of drug-likeness (QED) is 0.0604. The molecule has 2 aromatic carbocycles. The molecule has 1 saturated carbocycles. The molecular weight excluding hydrogens is 647 g/mol. The molecule has 1 aliphatic rings. The first-order valence-corrected chi connectivity index (χ1v) is 16.3. The number of nitrogens with one attached hydrogen (secondary N) is 2. The van der Waals surface area contributed by atoms with Crippen molar-refractivity contribution in [2.75, 3.05) is 13.3 Å². The largest absolute Gasteiger partial charge is 0.524 e. The molecule has 0 aliphatic heterocycles. The van der Waals surface area contributed by atoms with E-state index in [0.717, 1.165) is 41.8 Å². The van der Waals surface area contributed by atoms with Gasteiger partial charge in [-0.25, -0.2) is 29.0 Å². The Bertz CT molecular complexity index is 1790. The number of H-pyrrole nitrogens is 1. The van der Waals surface area contributed by atoms with E-state index < -0.39 is 32.6 Å². The van der Waals surface area contributed by atoms with Gasteiger partial charge in [0.25, 0.3) is 11.8 Å². The number of aliphatic imine (C=N–C) groups is 2. The fraction of sp³-hybridized carbons (Fsp3) is 0.290. The van der Waals surface area contributed by atoms with E-state index >= 15 is 0 Å². The first-order valence-electron chi connectivity index (χ1n) is 14.7. The summed E-state index contributed by atoms with van der Waals surface area (Å²) in [6, 6.07) is 10.0. The van der Waals surface area contributed by atoms with E-state index in [2.05, 4.69) is 24.8 Å². The number of nitrogens with zero attached hydrogens (tertiary/aromatic N) is 3. The van der Waals surface area contributed by atoms with Crippen molar-refractivity contribution in [2.24, 2.45) is 15.7 Å². The van der Waals surface area contributed by atoms with Gasteiger partial charge in [0.2, 0.25) is 6.79 Å². The number of ether oxygens (including phenoxy) is 2. The Morgan fingerprint density at radius 3 is 2.40 bits per heavy atom. The number of rotatable bonds is 12. The molecule has 4 rings (SSSR count). The zero-order chi connectivity index (χ0) is 35.0. The topological polar surface area (TPSA) is 235 Å². The van der Waals surface area contributed by atoms with Crippen molar-refractivity contribution in [3.63, 3.8) is 0 Å². The number of phosphoric ester groups is 1. The van der Waals surface area contributed by atoms with Crippen LogP contribution in [0.4, 0.5) is 10.5 Å². The highest BCUT2D eigenvalue weighted by molar-refractivity contribution is 7.46. The second-order valence-corrected chi connectivity index (χ2v) is 11.9. The molecule has 254 valence electrons. The third-order valence-electron chi connectivity index (χ3n) is 7.00. The van der Waals surface area contributed by atoms with Crippen LogP contribution in [-0.2, 0) is 14.0 Å². The molecule has 0 spiro atoms. The lowest BCUT2D eigenvalue weighted by Crippen LogP contribution is -2.38. The van der Waals surface area contributed by atoms with Crippen LogP contribution in [-0.4, -0.2) is 75.1 Å². The summed E-state index contributed by atoms with van der Waals surface area (Å²) in [5, 5.41) is 2.94. The van der Waals surface area contributed by atoms with Crippen LogP contribution in [0.25, 0.3) is 0 Å². The minimum atomic E-state index is -4.77. The van der Waals surface area contributed by atoms with E-state index in [1.165, 1.54) is 18.3 Å². The van der Waals surface area contributed by atoms with Crippen LogP contribution in [0.3, 0.4) is 0 Å². The van der Waals surface area contributed by atoms with Crippen molar-refractivity contribution < 1.29 is 47.5 Å². The number of carbonyl (C=O) groups excluding carboxylic acids is 4. The molecule has 3 amide bonds. The van der Waals surface area contributed by atoms with Gasteiger partial charge in [-0.2, -0.15) is 0 Å². The van der Waals surface area contributed by atoms with Gasteiger partial charge in [0.05, 0.1) is 28.8 Å². The summed E-state index contributed by atoms with van der Waals surface area (Å²) in [6.45, 7) is 4.39. The molecule has 3 aromatic rings. The molecule has 1 aliphatic carbocycles. The van der Waals surface area contributed by atoms with Crippen LogP contribution in [0.2, 0.25) is 0 Å². The molecule has 0 unspecified atom stereocenters. The number of hydrogen-bond acceptors (Lipinski definition) is 9. The average Bonchev–Trinajstić information content (AvgIpc) is 3.77. The lowest BCUT2D eigenvalue weighted by Gasteiger charge is -2.19. The van der Waals surface area contributed by atoms with Gasteiger partial charge in [-0.3, -0.25) is 19.4 Å². The van der Waals surface area contributed by atoms with Gasteiger partial charge in [0.1, 0.15) is 5.75 Å². The Labute approximate surface area is 275 Å². The summed E-state index contributed by atoms with van der Waals surface area (Å²) in [5.41, 5.74) is 8.17. The highest BCUT2D eigenvalue weighted by Crippen LogP contribution is 2.37. The van der Waals surface area contributed by atoms with Gasteiger partial charge in [0.15, 0.2) is 5.84 Å². The third-order valence-corrected chi connectivity index (χ3v) is 7.45. The molecule has 0 bridgehead atoms. The number of benzene rings is 2. The fourth-order valence-corrected chi connectivity index (χ4v) is 4.78. The summed E-state index contributed by atoms with van der Waals surface area (Å²) in [4.78, 5) is 81.8. The van der Waals surface area contributed by atoms with E-state index in [0.29, 0.717) is 28.9 Å². The van der Waals surface area contributed by atoms with E-state index in [-0.39, 0.29) is 41.2 Å². The second-order valence-electron chi connectivity index (χ2n) is 10.7. The average molecular weight is 683 g/mol. The maximum Gasteiger partial charge on any atom is 0.524 e. The zero-order valence-electron chi connectivity index (χ0n) is 26.3. The van der Waals surface area contributed by atoms with E-state index in [9.17, 15) is 23.7 Å². The maximum atomic E-state index is 13.5. The van der Waals surface area contributed by atoms with E-state index in [1.807, 2.05) is 6.92 Å². The number of esters is 1. The number of nitrogens with two attached hydrogens (primary N) is 1. The summed E-state index contributed by atoms with van der Waals surface area (Å²) >= 11 is 0. The first kappa shape index (κ1) is 35.5. The number of imide groups is 1. The number of hydrogen-bond donors (Lipinski definition) is 5. The van der Waals surface area contributed by atoms with Crippen LogP contribution in [0, 0.1) is 13.8 Å². The number of aryl methyl sites for hydroxylation is 1. The number of aromatic amines is 1. The van der Waals surface area contributed by atoms with Crippen molar-refractivity contribution in [3.05, 3.63) is 82.2 Å². The van der Waals surface area contributed by atoms with Crippen molar-refractivity contribution in [2.45, 2.75) is 46.1 Å². The zero-order valence-corrected chi connectivity index (χ0v) is 27.2. The Hall–Kier alpha value is -5.31. The highest BCUT2D eigenvalue weighted by atomic mass is 31.2. The van der Waals surface area contributed by atoms with Gasteiger partial charge in [0, 0.05) is 24.3 Å². The van der Waals surface area contributed by atoms with Crippen LogP contribution in [0.1, 0.15) is 74.1 Å². The second kappa shape index (κ2) is 15.5. The van der Waals surface area contributed by atoms with Crippen molar-refractivity contribution in [1.29, 1.82) is 0 Å². The predicted molar refractivity (Wildman–Crippen MR) is 173 cm³/mol. The van der Waals surface area contributed by atoms with E-state index in [4.69, 9.17) is 25.0 Å².